The smallest absolute Gasteiger partial charge is 0.287 e. The quantitative estimate of drug-likeness (QED) is 0.700. The molecule has 0 spiro atoms. The Bertz CT molecular complexity index is 550. The highest BCUT2D eigenvalue weighted by Crippen LogP contribution is 2.35. The van der Waals surface area contributed by atoms with Crippen LogP contribution in [0.25, 0.3) is 0 Å². The van der Waals surface area contributed by atoms with Gasteiger partial charge in [-0.2, -0.15) is 0 Å². The van der Waals surface area contributed by atoms with Gasteiger partial charge in [0.05, 0.1) is 12.7 Å². The number of hydrogen-bond acceptors (Lipinski definition) is 4. The monoisotopic (exact) mass is 363 g/mol. The molecule has 2 saturated carbocycles. The van der Waals surface area contributed by atoms with Gasteiger partial charge in [-0.1, -0.05) is 32.1 Å². The van der Waals surface area contributed by atoms with Crippen LogP contribution < -0.4 is 5.32 Å². The first-order chi connectivity index (χ1) is 12.8. The first-order valence-corrected chi connectivity index (χ1v) is 10.3. The molecule has 146 valence electrons. The predicted octanol–water partition coefficient (Wildman–Crippen LogP) is 4.28. The van der Waals surface area contributed by atoms with Gasteiger partial charge >= 0.3 is 0 Å². The lowest BCUT2D eigenvalue weighted by molar-refractivity contribution is 0.0451. The molecule has 1 N–H and O–H groups in total. The van der Waals surface area contributed by atoms with Crippen molar-refractivity contribution in [3.8, 4) is 0 Å². The Morgan fingerprint density at radius 1 is 1.12 bits per heavy atom. The van der Waals surface area contributed by atoms with Crippen LogP contribution in [0.4, 0.5) is 0 Å². The second kappa shape index (κ2) is 10.1. The van der Waals surface area contributed by atoms with Crippen molar-refractivity contribution >= 4 is 5.91 Å². The number of rotatable bonds is 8. The van der Waals surface area contributed by atoms with Gasteiger partial charge in [0.2, 0.25) is 0 Å². The minimum atomic E-state index is -0.165. The average Bonchev–Trinajstić information content (AvgIpc) is 3.18. The Balaban J connectivity index is 1.39. The Morgan fingerprint density at radius 2 is 1.88 bits per heavy atom. The number of carbonyl (C=O) groups is 1. The standard InChI is InChI=1S/C21H33NO4/c1-24-18-10-6-5-9-17(18)19-11-12-20(26-19)21(23)22-13-14-25-15-16-7-3-2-4-8-16/h11-12,16-18H,2-10,13-15H2,1H3,(H,22,23). The molecule has 0 aromatic carbocycles. The van der Waals surface area contributed by atoms with E-state index >= 15 is 0 Å². The highest BCUT2D eigenvalue weighted by molar-refractivity contribution is 5.91. The molecule has 3 rings (SSSR count). The van der Waals surface area contributed by atoms with Gasteiger partial charge in [-0.05, 0) is 43.7 Å². The van der Waals surface area contributed by atoms with Crippen LogP contribution in [0.15, 0.2) is 16.5 Å². The van der Waals surface area contributed by atoms with E-state index in [0.29, 0.717) is 24.8 Å². The van der Waals surface area contributed by atoms with E-state index in [1.54, 1.807) is 13.2 Å². The lowest BCUT2D eigenvalue weighted by Crippen LogP contribution is -2.28. The fourth-order valence-corrected chi connectivity index (χ4v) is 4.31. The number of furan rings is 1. The third kappa shape index (κ3) is 5.34. The lowest BCUT2D eigenvalue weighted by Gasteiger charge is -2.28. The van der Waals surface area contributed by atoms with Crippen molar-refractivity contribution in [1.82, 2.24) is 5.32 Å². The molecule has 5 nitrogen and oxygen atoms in total. The second-order valence-corrected chi connectivity index (χ2v) is 7.70. The van der Waals surface area contributed by atoms with Gasteiger partial charge in [0.15, 0.2) is 5.76 Å². The van der Waals surface area contributed by atoms with Crippen molar-refractivity contribution in [2.24, 2.45) is 5.92 Å². The van der Waals surface area contributed by atoms with E-state index in [9.17, 15) is 4.79 Å². The van der Waals surface area contributed by atoms with Gasteiger partial charge in [-0.3, -0.25) is 4.79 Å². The zero-order valence-corrected chi connectivity index (χ0v) is 16.0. The van der Waals surface area contributed by atoms with Crippen LogP contribution in [0, 0.1) is 5.92 Å². The van der Waals surface area contributed by atoms with E-state index in [4.69, 9.17) is 13.9 Å². The largest absolute Gasteiger partial charge is 0.456 e. The molecule has 1 heterocycles. The summed E-state index contributed by atoms with van der Waals surface area (Å²) in [6, 6.07) is 3.70. The van der Waals surface area contributed by atoms with Crippen LogP contribution in [0.2, 0.25) is 0 Å². The van der Waals surface area contributed by atoms with E-state index in [0.717, 1.165) is 25.2 Å². The van der Waals surface area contributed by atoms with Crippen LogP contribution in [0.1, 0.15) is 80.0 Å². The van der Waals surface area contributed by atoms with E-state index in [1.807, 2.05) is 6.07 Å². The first kappa shape index (κ1) is 19.4. The predicted molar refractivity (Wildman–Crippen MR) is 100 cm³/mol. The molecule has 2 aliphatic carbocycles. The minimum absolute atomic E-state index is 0.165. The zero-order valence-electron chi connectivity index (χ0n) is 16.0. The number of carbonyl (C=O) groups excluding carboxylic acids is 1. The van der Waals surface area contributed by atoms with Crippen LogP contribution in [0.3, 0.4) is 0 Å². The summed E-state index contributed by atoms with van der Waals surface area (Å²) in [6.45, 7) is 1.90. The van der Waals surface area contributed by atoms with Crippen LogP contribution >= 0.6 is 0 Å². The minimum Gasteiger partial charge on any atom is -0.456 e. The molecule has 2 aliphatic rings. The van der Waals surface area contributed by atoms with Crippen molar-refractivity contribution in [3.05, 3.63) is 23.7 Å². The third-order valence-corrected chi connectivity index (χ3v) is 5.83. The normalized spacial score (nSPS) is 24.5. The SMILES string of the molecule is COC1CCCCC1c1ccc(C(=O)NCCOCC2CCCCC2)o1. The molecule has 5 heteroatoms. The summed E-state index contributed by atoms with van der Waals surface area (Å²) < 4.78 is 17.2. The number of amides is 1. The van der Waals surface area contributed by atoms with Gasteiger partial charge < -0.3 is 19.2 Å². The number of hydrogen-bond donors (Lipinski definition) is 1. The fourth-order valence-electron chi connectivity index (χ4n) is 4.31. The maximum Gasteiger partial charge on any atom is 0.287 e. The fraction of sp³-hybridized carbons (Fsp3) is 0.762. The molecule has 0 aliphatic heterocycles. The molecule has 0 saturated heterocycles. The first-order valence-electron chi connectivity index (χ1n) is 10.3. The molecule has 1 aromatic rings. The molecule has 1 aromatic heterocycles. The van der Waals surface area contributed by atoms with Crippen molar-refractivity contribution in [2.75, 3.05) is 26.9 Å². The second-order valence-electron chi connectivity index (χ2n) is 7.70. The Hall–Kier alpha value is -1.33. The summed E-state index contributed by atoms with van der Waals surface area (Å²) in [7, 11) is 1.76. The zero-order chi connectivity index (χ0) is 18.2. The van der Waals surface area contributed by atoms with Gasteiger partial charge in [0.25, 0.3) is 5.91 Å². The van der Waals surface area contributed by atoms with Crippen molar-refractivity contribution in [2.45, 2.75) is 69.8 Å². The van der Waals surface area contributed by atoms with Crippen molar-refractivity contribution in [1.29, 1.82) is 0 Å². The molecular weight excluding hydrogens is 330 g/mol. The third-order valence-electron chi connectivity index (χ3n) is 5.83. The molecule has 2 unspecified atom stereocenters. The summed E-state index contributed by atoms with van der Waals surface area (Å²) >= 11 is 0. The summed E-state index contributed by atoms with van der Waals surface area (Å²) in [5.41, 5.74) is 0. The van der Waals surface area contributed by atoms with E-state index < -0.39 is 0 Å². The molecular formula is C21H33NO4. The molecule has 0 bridgehead atoms. The molecule has 0 radical (unpaired) electrons. The molecule has 1 amide bonds. The Labute approximate surface area is 156 Å². The molecule has 26 heavy (non-hydrogen) atoms. The highest BCUT2D eigenvalue weighted by Gasteiger charge is 2.29. The van der Waals surface area contributed by atoms with Crippen LogP contribution in [-0.4, -0.2) is 38.9 Å². The van der Waals surface area contributed by atoms with E-state index in [1.165, 1.54) is 44.9 Å². The summed E-state index contributed by atoms with van der Waals surface area (Å²) in [5.74, 6) is 2.05. The number of methoxy groups -OCH3 is 1. The van der Waals surface area contributed by atoms with Gasteiger partial charge in [0, 0.05) is 26.2 Å². The summed E-state index contributed by atoms with van der Waals surface area (Å²) in [4.78, 5) is 12.3. The summed E-state index contributed by atoms with van der Waals surface area (Å²) in [6.07, 6.45) is 11.3. The topological polar surface area (TPSA) is 60.7 Å². The van der Waals surface area contributed by atoms with Crippen LogP contribution in [0.5, 0.6) is 0 Å². The van der Waals surface area contributed by atoms with Crippen molar-refractivity contribution in [3.63, 3.8) is 0 Å². The maximum atomic E-state index is 12.3. The number of nitrogens with one attached hydrogen (secondary N) is 1. The highest BCUT2D eigenvalue weighted by atomic mass is 16.5. The molecule has 2 atom stereocenters. The van der Waals surface area contributed by atoms with Crippen LogP contribution in [-0.2, 0) is 9.47 Å². The summed E-state index contributed by atoms with van der Waals surface area (Å²) in [5, 5.41) is 2.89. The van der Waals surface area contributed by atoms with Gasteiger partial charge in [-0.15, -0.1) is 0 Å². The Morgan fingerprint density at radius 3 is 2.69 bits per heavy atom. The van der Waals surface area contributed by atoms with Gasteiger partial charge in [-0.25, -0.2) is 0 Å². The molecule has 2 fully saturated rings. The van der Waals surface area contributed by atoms with E-state index in [2.05, 4.69) is 5.32 Å². The Kier molecular flexibility index (Phi) is 7.56. The van der Waals surface area contributed by atoms with E-state index in [-0.39, 0.29) is 17.9 Å². The number of ether oxygens (including phenoxy) is 2. The maximum absolute atomic E-state index is 12.3. The van der Waals surface area contributed by atoms with Crippen molar-refractivity contribution < 1.29 is 18.7 Å². The average molecular weight is 363 g/mol. The lowest BCUT2D eigenvalue weighted by atomic mass is 9.85. The van der Waals surface area contributed by atoms with Gasteiger partial charge in [0.1, 0.15) is 5.76 Å².